The molecule has 0 spiro atoms. The van der Waals surface area contributed by atoms with E-state index in [4.69, 9.17) is 4.74 Å². The van der Waals surface area contributed by atoms with Gasteiger partial charge in [0, 0.05) is 16.6 Å². The number of benzene rings is 2. The van der Waals surface area contributed by atoms with E-state index in [1.54, 1.807) is 13.0 Å². The molecule has 0 saturated carbocycles. The fourth-order valence-electron chi connectivity index (χ4n) is 2.51. The lowest BCUT2D eigenvalue weighted by Crippen LogP contribution is -2.30. The summed E-state index contributed by atoms with van der Waals surface area (Å²) in [6.07, 6.45) is 1.64. The maximum atomic E-state index is 12.2. The lowest BCUT2D eigenvalue weighted by atomic mass is 10.1. The molecule has 25 heavy (non-hydrogen) atoms. The fraction of sp³-hybridized carbons (Fsp3) is 0.158. The number of likely N-dealkylation sites (N-methyl/N-ethyl adjacent to an activating group) is 1. The molecule has 2 aromatic carbocycles. The second-order valence-electron chi connectivity index (χ2n) is 5.49. The van der Waals surface area contributed by atoms with Crippen molar-refractivity contribution in [1.82, 2.24) is 10.2 Å². The van der Waals surface area contributed by atoms with E-state index in [0.717, 1.165) is 14.9 Å². The molecule has 3 amide bonds. The van der Waals surface area contributed by atoms with Crippen molar-refractivity contribution in [2.24, 2.45) is 0 Å². The second-order valence-corrected chi connectivity index (χ2v) is 6.41. The van der Waals surface area contributed by atoms with Gasteiger partial charge in [0.15, 0.2) is 0 Å². The quantitative estimate of drug-likeness (QED) is 0.610. The minimum Gasteiger partial charge on any atom is -0.488 e. The summed E-state index contributed by atoms with van der Waals surface area (Å²) in [5, 5.41) is 2.60. The number of urea groups is 1. The summed E-state index contributed by atoms with van der Waals surface area (Å²) in [5.41, 5.74) is 2.01. The molecule has 1 fully saturated rings. The van der Waals surface area contributed by atoms with Gasteiger partial charge in [0.2, 0.25) is 0 Å². The van der Waals surface area contributed by atoms with Crippen molar-refractivity contribution in [3.05, 3.63) is 69.8 Å². The minimum atomic E-state index is -0.402. The SMILES string of the molecule is CCN1C(=O)N/C(=C/c2cc(Br)ccc2OCc2ccccc2)C1=O. The van der Waals surface area contributed by atoms with Gasteiger partial charge in [-0.15, -0.1) is 0 Å². The number of carbonyl (C=O) groups excluding carboxylic acids is 2. The molecule has 0 aromatic heterocycles. The number of carbonyl (C=O) groups is 2. The number of hydrogen-bond donors (Lipinski definition) is 1. The number of rotatable bonds is 5. The molecule has 0 bridgehead atoms. The van der Waals surface area contributed by atoms with Crippen LogP contribution in [0.1, 0.15) is 18.1 Å². The summed E-state index contributed by atoms with van der Waals surface area (Å²) >= 11 is 3.43. The van der Waals surface area contributed by atoms with Crippen LogP contribution in [0.4, 0.5) is 4.79 Å². The number of amides is 3. The summed E-state index contributed by atoms with van der Waals surface area (Å²) in [7, 11) is 0. The van der Waals surface area contributed by atoms with E-state index < -0.39 is 6.03 Å². The van der Waals surface area contributed by atoms with E-state index in [9.17, 15) is 9.59 Å². The zero-order valence-corrected chi connectivity index (χ0v) is 15.2. The molecule has 1 aliphatic heterocycles. The maximum absolute atomic E-state index is 12.2. The standard InChI is InChI=1S/C19H17BrN2O3/c1-2-22-18(23)16(21-19(22)24)11-14-10-15(20)8-9-17(14)25-12-13-6-4-3-5-7-13/h3-11H,2,12H2,1H3,(H,21,24)/b16-11+. The van der Waals surface area contributed by atoms with Gasteiger partial charge >= 0.3 is 6.03 Å². The van der Waals surface area contributed by atoms with Gasteiger partial charge in [0.05, 0.1) is 0 Å². The van der Waals surface area contributed by atoms with Crippen molar-refractivity contribution in [2.45, 2.75) is 13.5 Å². The van der Waals surface area contributed by atoms with Crippen molar-refractivity contribution < 1.29 is 14.3 Å². The van der Waals surface area contributed by atoms with Crippen molar-refractivity contribution in [3.63, 3.8) is 0 Å². The van der Waals surface area contributed by atoms with Crippen LogP contribution in [-0.2, 0) is 11.4 Å². The third kappa shape index (κ3) is 3.91. The summed E-state index contributed by atoms with van der Waals surface area (Å²) < 4.78 is 6.76. The van der Waals surface area contributed by atoms with Gasteiger partial charge in [0.25, 0.3) is 5.91 Å². The Hall–Kier alpha value is -2.60. The summed E-state index contributed by atoms with van der Waals surface area (Å²) in [5.74, 6) is 0.304. The summed E-state index contributed by atoms with van der Waals surface area (Å²) in [4.78, 5) is 25.2. The lowest BCUT2D eigenvalue weighted by Gasteiger charge is -2.10. The van der Waals surface area contributed by atoms with E-state index in [-0.39, 0.29) is 11.6 Å². The van der Waals surface area contributed by atoms with Crippen LogP contribution in [0, 0.1) is 0 Å². The molecular weight excluding hydrogens is 384 g/mol. The molecule has 1 N–H and O–H groups in total. The number of ether oxygens (including phenoxy) is 1. The van der Waals surface area contributed by atoms with Gasteiger partial charge in [-0.1, -0.05) is 46.3 Å². The monoisotopic (exact) mass is 400 g/mol. The molecule has 0 atom stereocenters. The Morgan fingerprint density at radius 2 is 1.92 bits per heavy atom. The molecule has 6 heteroatoms. The Bertz CT molecular complexity index is 834. The molecule has 0 aliphatic carbocycles. The minimum absolute atomic E-state index is 0.245. The topological polar surface area (TPSA) is 58.6 Å². The number of hydrogen-bond acceptors (Lipinski definition) is 3. The van der Waals surface area contributed by atoms with E-state index in [2.05, 4.69) is 21.2 Å². The van der Waals surface area contributed by atoms with Crippen molar-refractivity contribution >= 4 is 33.9 Å². The number of nitrogens with zero attached hydrogens (tertiary/aromatic N) is 1. The molecule has 1 saturated heterocycles. The zero-order valence-electron chi connectivity index (χ0n) is 13.7. The average Bonchev–Trinajstić information content (AvgIpc) is 2.88. The fourth-order valence-corrected chi connectivity index (χ4v) is 2.89. The van der Waals surface area contributed by atoms with Crippen LogP contribution in [-0.4, -0.2) is 23.4 Å². The number of nitrogens with one attached hydrogen (secondary N) is 1. The molecule has 0 unspecified atom stereocenters. The third-order valence-electron chi connectivity index (χ3n) is 3.79. The average molecular weight is 401 g/mol. The Kier molecular flexibility index (Phi) is 5.19. The molecule has 128 valence electrons. The smallest absolute Gasteiger partial charge is 0.328 e. The molecule has 0 radical (unpaired) electrons. The Balaban J connectivity index is 1.86. The largest absolute Gasteiger partial charge is 0.488 e. The van der Waals surface area contributed by atoms with Crippen LogP contribution in [0.25, 0.3) is 6.08 Å². The number of imide groups is 1. The Morgan fingerprint density at radius 3 is 2.60 bits per heavy atom. The highest BCUT2D eigenvalue weighted by molar-refractivity contribution is 9.10. The highest BCUT2D eigenvalue weighted by Gasteiger charge is 2.32. The first-order valence-corrected chi connectivity index (χ1v) is 8.68. The lowest BCUT2D eigenvalue weighted by molar-refractivity contribution is -0.122. The molecular formula is C19H17BrN2O3. The van der Waals surface area contributed by atoms with Gasteiger partial charge in [-0.25, -0.2) is 4.79 Å². The first kappa shape index (κ1) is 17.2. The Morgan fingerprint density at radius 1 is 1.16 bits per heavy atom. The van der Waals surface area contributed by atoms with E-state index >= 15 is 0 Å². The molecule has 1 heterocycles. The predicted molar refractivity (Wildman–Crippen MR) is 98.8 cm³/mol. The first-order valence-electron chi connectivity index (χ1n) is 7.89. The molecule has 5 nitrogen and oxygen atoms in total. The number of halogens is 1. The van der Waals surface area contributed by atoms with Gasteiger partial charge in [-0.05, 0) is 36.8 Å². The van der Waals surface area contributed by atoms with Crippen LogP contribution >= 0.6 is 15.9 Å². The predicted octanol–water partition coefficient (Wildman–Crippen LogP) is 3.94. The van der Waals surface area contributed by atoms with Crippen LogP contribution in [0.5, 0.6) is 5.75 Å². The summed E-state index contributed by atoms with van der Waals surface area (Å²) in [6, 6.07) is 15.0. The van der Waals surface area contributed by atoms with E-state index in [1.807, 2.05) is 48.5 Å². The molecule has 1 aliphatic rings. The second kappa shape index (κ2) is 7.53. The van der Waals surface area contributed by atoms with Gasteiger partial charge in [-0.2, -0.15) is 0 Å². The zero-order chi connectivity index (χ0) is 17.8. The highest BCUT2D eigenvalue weighted by atomic mass is 79.9. The third-order valence-corrected chi connectivity index (χ3v) is 4.28. The maximum Gasteiger partial charge on any atom is 0.328 e. The summed E-state index contributed by atoms with van der Waals surface area (Å²) in [6.45, 7) is 2.51. The van der Waals surface area contributed by atoms with Gasteiger partial charge in [0.1, 0.15) is 18.1 Å². The van der Waals surface area contributed by atoms with Gasteiger partial charge < -0.3 is 10.1 Å². The van der Waals surface area contributed by atoms with Crippen molar-refractivity contribution in [3.8, 4) is 5.75 Å². The van der Waals surface area contributed by atoms with E-state index in [0.29, 0.717) is 24.5 Å². The Labute approximate surface area is 154 Å². The van der Waals surface area contributed by atoms with Gasteiger partial charge in [-0.3, -0.25) is 9.69 Å². The normalized spacial score (nSPS) is 15.6. The van der Waals surface area contributed by atoms with E-state index in [1.165, 1.54) is 0 Å². The highest BCUT2D eigenvalue weighted by Crippen LogP contribution is 2.27. The first-order chi connectivity index (χ1) is 12.1. The van der Waals surface area contributed by atoms with Crippen LogP contribution in [0.15, 0.2) is 58.7 Å². The van der Waals surface area contributed by atoms with Crippen molar-refractivity contribution in [1.29, 1.82) is 0 Å². The van der Waals surface area contributed by atoms with Crippen LogP contribution in [0.3, 0.4) is 0 Å². The molecule has 3 rings (SSSR count). The molecule has 2 aromatic rings. The van der Waals surface area contributed by atoms with Crippen LogP contribution < -0.4 is 10.1 Å². The van der Waals surface area contributed by atoms with Crippen LogP contribution in [0.2, 0.25) is 0 Å². The van der Waals surface area contributed by atoms with Crippen molar-refractivity contribution in [2.75, 3.05) is 6.54 Å².